The fourth-order valence-corrected chi connectivity index (χ4v) is 4.25. The van der Waals surface area contributed by atoms with Gasteiger partial charge in [0.05, 0.1) is 15.4 Å². The minimum absolute atomic E-state index is 0.0134. The molecule has 32 heavy (non-hydrogen) atoms. The Balaban J connectivity index is 1.45. The first-order valence-electron chi connectivity index (χ1n) is 10.3. The third-order valence-corrected chi connectivity index (χ3v) is 6.04. The van der Waals surface area contributed by atoms with Crippen molar-refractivity contribution >= 4 is 28.9 Å². The first kappa shape index (κ1) is 21.7. The van der Waals surface area contributed by atoms with Crippen molar-refractivity contribution in [3.63, 3.8) is 0 Å². The number of nitrogens with one attached hydrogen (secondary N) is 1. The number of hydrogen-bond donors (Lipinski definition) is 2. The number of aromatic nitrogens is 2. The summed E-state index contributed by atoms with van der Waals surface area (Å²) in [5, 5.41) is 12.2. The second-order valence-corrected chi connectivity index (χ2v) is 8.46. The lowest BCUT2D eigenvalue weighted by atomic mass is 10.1. The average Bonchev–Trinajstić information content (AvgIpc) is 3.31. The number of benzene rings is 2. The number of thiophene rings is 1. The van der Waals surface area contributed by atoms with Crippen LogP contribution in [0.25, 0.3) is 10.6 Å². The number of anilines is 2. The van der Waals surface area contributed by atoms with E-state index in [1.807, 2.05) is 79.8 Å². The van der Waals surface area contributed by atoms with E-state index in [4.69, 9.17) is 5.11 Å². The van der Waals surface area contributed by atoms with Crippen LogP contribution in [-0.2, 0) is 13.0 Å². The van der Waals surface area contributed by atoms with Gasteiger partial charge in [-0.3, -0.25) is 4.79 Å². The molecule has 0 spiro atoms. The molecule has 0 saturated heterocycles. The van der Waals surface area contributed by atoms with E-state index in [9.17, 15) is 4.79 Å². The number of carbonyl (C=O) groups excluding carboxylic acids is 1. The maximum Gasteiger partial charge on any atom is 0.263 e. The fraction of sp³-hybridized carbons (Fsp3) is 0.160. The van der Waals surface area contributed by atoms with Crippen molar-refractivity contribution in [3.05, 3.63) is 95.0 Å². The highest BCUT2D eigenvalue weighted by Crippen LogP contribution is 2.28. The minimum Gasteiger partial charge on any atom is -0.396 e. The molecule has 0 saturated carbocycles. The zero-order chi connectivity index (χ0) is 22.3. The number of aliphatic hydroxyl groups is 1. The highest BCUT2D eigenvalue weighted by molar-refractivity contribution is 7.17. The summed E-state index contributed by atoms with van der Waals surface area (Å²) in [5.41, 5.74) is 3.79. The van der Waals surface area contributed by atoms with Gasteiger partial charge in [0, 0.05) is 32.1 Å². The Kier molecular flexibility index (Phi) is 6.89. The van der Waals surface area contributed by atoms with Gasteiger partial charge in [-0.25, -0.2) is 9.97 Å². The van der Waals surface area contributed by atoms with Crippen molar-refractivity contribution in [2.75, 3.05) is 19.0 Å². The molecule has 4 rings (SSSR count). The molecular weight excluding hydrogens is 420 g/mol. The van der Waals surface area contributed by atoms with E-state index in [1.165, 1.54) is 11.3 Å². The number of amides is 1. The molecule has 2 heterocycles. The summed E-state index contributed by atoms with van der Waals surface area (Å²) in [6.45, 7) is 0.691. The van der Waals surface area contributed by atoms with E-state index in [2.05, 4.69) is 15.3 Å². The summed E-state index contributed by atoms with van der Waals surface area (Å²) in [6.07, 6.45) is 2.33. The third-order valence-electron chi connectivity index (χ3n) is 4.94. The molecule has 0 bridgehead atoms. The van der Waals surface area contributed by atoms with Crippen LogP contribution in [0, 0.1) is 0 Å². The standard InChI is InChI=1S/C25H24N4O2S/c1-29(17-19-5-3-2-4-6-19)24(31)23-12-11-22(32-23)21-13-15-26-25(28-21)27-20-9-7-18(8-10-20)14-16-30/h2-13,15,30H,14,16-17H2,1H3,(H,26,27,28). The molecule has 2 N–H and O–H groups in total. The number of rotatable bonds is 8. The summed E-state index contributed by atoms with van der Waals surface area (Å²) >= 11 is 1.42. The lowest BCUT2D eigenvalue weighted by molar-refractivity contribution is 0.0790. The van der Waals surface area contributed by atoms with Crippen molar-refractivity contribution in [2.45, 2.75) is 13.0 Å². The highest BCUT2D eigenvalue weighted by Gasteiger charge is 2.16. The largest absolute Gasteiger partial charge is 0.396 e. The fourth-order valence-electron chi connectivity index (χ4n) is 3.28. The Labute approximate surface area is 191 Å². The summed E-state index contributed by atoms with van der Waals surface area (Å²) in [5.74, 6) is 0.473. The molecule has 2 aromatic carbocycles. The first-order valence-corrected chi connectivity index (χ1v) is 11.1. The smallest absolute Gasteiger partial charge is 0.263 e. The summed E-state index contributed by atoms with van der Waals surface area (Å²) in [4.78, 5) is 25.1. The van der Waals surface area contributed by atoms with Gasteiger partial charge in [0.15, 0.2) is 0 Å². The van der Waals surface area contributed by atoms with Crippen molar-refractivity contribution < 1.29 is 9.90 Å². The SMILES string of the molecule is CN(Cc1ccccc1)C(=O)c1ccc(-c2ccnc(Nc3ccc(CCO)cc3)n2)s1. The third kappa shape index (κ3) is 5.38. The van der Waals surface area contributed by atoms with Crippen molar-refractivity contribution in [2.24, 2.45) is 0 Å². The van der Waals surface area contributed by atoms with Crippen molar-refractivity contribution in [3.8, 4) is 10.6 Å². The Morgan fingerprint density at radius 2 is 1.78 bits per heavy atom. The molecule has 0 aliphatic carbocycles. The van der Waals surface area contributed by atoms with Gasteiger partial charge in [0.1, 0.15) is 0 Å². The van der Waals surface area contributed by atoms with E-state index in [0.717, 1.165) is 27.4 Å². The van der Waals surface area contributed by atoms with Gasteiger partial charge in [-0.15, -0.1) is 11.3 Å². The number of carbonyl (C=O) groups is 1. The predicted molar refractivity (Wildman–Crippen MR) is 128 cm³/mol. The van der Waals surface area contributed by atoms with Gasteiger partial charge < -0.3 is 15.3 Å². The van der Waals surface area contributed by atoms with Crippen LogP contribution < -0.4 is 5.32 Å². The summed E-state index contributed by atoms with van der Waals surface area (Å²) in [7, 11) is 1.81. The molecule has 0 unspecified atom stereocenters. The van der Waals surface area contributed by atoms with Crippen LogP contribution >= 0.6 is 11.3 Å². The summed E-state index contributed by atoms with van der Waals surface area (Å²) in [6, 6.07) is 23.3. The van der Waals surface area contributed by atoms with Gasteiger partial charge in [0.2, 0.25) is 5.95 Å². The Bertz CT molecular complexity index is 1180. The number of hydrogen-bond acceptors (Lipinski definition) is 6. The van der Waals surface area contributed by atoms with Crippen LogP contribution in [0.2, 0.25) is 0 Å². The van der Waals surface area contributed by atoms with E-state index in [-0.39, 0.29) is 12.5 Å². The van der Waals surface area contributed by atoms with E-state index >= 15 is 0 Å². The molecule has 2 aromatic heterocycles. The average molecular weight is 445 g/mol. The normalized spacial score (nSPS) is 10.7. The Hall–Kier alpha value is -3.55. The second kappa shape index (κ2) is 10.2. The van der Waals surface area contributed by atoms with Gasteiger partial charge >= 0.3 is 0 Å². The van der Waals surface area contributed by atoms with Crippen LogP contribution in [0.3, 0.4) is 0 Å². The van der Waals surface area contributed by atoms with Crippen LogP contribution in [0.4, 0.5) is 11.6 Å². The molecule has 0 radical (unpaired) electrons. The number of aliphatic hydroxyl groups excluding tert-OH is 1. The molecule has 4 aromatic rings. The minimum atomic E-state index is -0.0134. The van der Waals surface area contributed by atoms with Crippen LogP contribution in [0.5, 0.6) is 0 Å². The Morgan fingerprint density at radius 1 is 1.00 bits per heavy atom. The molecule has 0 atom stereocenters. The first-order chi connectivity index (χ1) is 15.6. The van der Waals surface area contributed by atoms with Gasteiger partial charge in [0.25, 0.3) is 5.91 Å². The van der Waals surface area contributed by atoms with Crippen LogP contribution in [-0.4, -0.2) is 39.5 Å². The van der Waals surface area contributed by atoms with Gasteiger partial charge in [-0.05, 0) is 47.9 Å². The predicted octanol–water partition coefficient (Wildman–Crippen LogP) is 4.76. The second-order valence-electron chi connectivity index (χ2n) is 7.37. The van der Waals surface area contributed by atoms with Crippen molar-refractivity contribution in [1.29, 1.82) is 0 Å². The van der Waals surface area contributed by atoms with E-state index < -0.39 is 0 Å². The van der Waals surface area contributed by atoms with Crippen molar-refractivity contribution in [1.82, 2.24) is 14.9 Å². The molecule has 0 aliphatic rings. The highest BCUT2D eigenvalue weighted by atomic mass is 32.1. The molecule has 162 valence electrons. The molecule has 0 fully saturated rings. The van der Waals surface area contributed by atoms with E-state index in [1.54, 1.807) is 11.1 Å². The van der Waals surface area contributed by atoms with Gasteiger partial charge in [-0.1, -0.05) is 42.5 Å². The maximum absolute atomic E-state index is 12.9. The molecule has 1 amide bonds. The van der Waals surface area contributed by atoms with Crippen LogP contribution in [0.15, 0.2) is 79.0 Å². The maximum atomic E-state index is 12.9. The zero-order valence-corrected chi connectivity index (χ0v) is 18.5. The summed E-state index contributed by atoms with van der Waals surface area (Å²) < 4.78 is 0. The topological polar surface area (TPSA) is 78.4 Å². The van der Waals surface area contributed by atoms with E-state index in [0.29, 0.717) is 23.8 Å². The monoisotopic (exact) mass is 444 g/mol. The lowest BCUT2D eigenvalue weighted by Gasteiger charge is -2.16. The molecular formula is C25H24N4O2S. The number of nitrogens with zero attached hydrogens (tertiary/aromatic N) is 3. The Morgan fingerprint density at radius 3 is 2.53 bits per heavy atom. The molecule has 6 nitrogen and oxygen atoms in total. The van der Waals surface area contributed by atoms with Crippen LogP contribution in [0.1, 0.15) is 20.8 Å². The zero-order valence-electron chi connectivity index (χ0n) is 17.7. The van der Waals surface area contributed by atoms with Gasteiger partial charge in [-0.2, -0.15) is 0 Å². The lowest BCUT2D eigenvalue weighted by Crippen LogP contribution is -2.25. The molecule has 0 aliphatic heterocycles. The molecule has 7 heteroatoms. The quantitative estimate of drug-likeness (QED) is 0.410.